The standard InChI is InChI=1S/C25H26N4O3/c30-24(17-31-16-23-27-21-10-4-5-11-22(21)28-23)29-12-6-9-19(15-29)25-26-14-20(32-25)13-18-7-2-1-3-8-18/h1-5,7-8,10-11,14,19H,6,9,12-13,15-17H2,(H,27,28). The van der Waals surface area contributed by atoms with Crippen LogP contribution in [0, 0.1) is 0 Å². The van der Waals surface area contributed by atoms with E-state index in [2.05, 4.69) is 27.1 Å². The highest BCUT2D eigenvalue weighted by Crippen LogP contribution is 2.27. The van der Waals surface area contributed by atoms with E-state index in [9.17, 15) is 4.79 Å². The van der Waals surface area contributed by atoms with Crippen molar-refractivity contribution in [1.82, 2.24) is 19.9 Å². The molecule has 1 unspecified atom stereocenters. The summed E-state index contributed by atoms with van der Waals surface area (Å²) in [5.41, 5.74) is 3.06. The monoisotopic (exact) mass is 430 g/mol. The molecule has 1 aliphatic rings. The minimum atomic E-state index is -0.0122. The SMILES string of the molecule is O=C(COCc1nc2ccccc2[nH]1)N1CCCC(c2ncc(Cc3ccccc3)o2)C1. The highest BCUT2D eigenvalue weighted by molar-refractivity contribution is 5.77. The Morgan fingerprint density at radius 3 is 2.88 bits per heavy atom. The van der Waals surface area contributed by atoms with E-state index < -0.39 is 0 Å². The molecule has 0 radical (unpaired) electrons. The van der Waals surface area contributed by atoms with Crippen molar-refractivity contribution in [1.29, 1.82) is 0 Å². The van der Waals surface area contributed by atoms with Gasteiger partial charge in [0.2, 0.25) is 5.91 Å². The summed E-state index contributed by atoms with van der Waals surface area (Å²) in [5, 5.41) is 0. The highest BCUT2D eigenvalue weighted by Gasteiger charge is 2.28. The number of rotatable bonds is 7. The predicted octanol–water partition coefficient (Wildman–Crippen LogP) is 4.06. The quantitative estimate of drug-likeness (QED) is 0.478. The summed E-state index contributed by atoms with van der Waals surface area (Å²) in [5.74, 6) is 2.40. The number of hydrogen-bond donors (Lipinski definition) is 1. The molecule has 2 aromatic carbocycles. The number of hydrogen-bond acceptors (Lipinski definition) is 5. The van der Waals surface area contributed by atoms with Gasteiger partial charge in [0, 0.05) is 19.5 Å². The van der Waals surface area contributed by atoms with Crippen LogP contribution in [0.15, 0.2) is 65.2 Å². The average molecular weight is 431 g/mol. The number of benzene rings is 2. The van der Waals surface area contributed by atoms with E-state index in [1.165, 1.54) is 5.56 Å². The number of aromatic nitrogens is 3. The van der Waals surface area contributed by atoms with Crippen LogP contribution >= 0.6 is 0 Å². The molecule has 0 saturated carbocycles. The van der Waals surface area contributed by atoms with Crippen LogP contribution in [0.1, 0.15) is 41.8 Å². The third-order valence-electron chi connectivity index (χ3n) is 5.82. The lowest BCUT2D eigenvalue weighted by molar-refractivity contribution is -0.138. The van der Waals surface area contributed by atoms with Crippen molar-refractivity contribution >= 4 is 16.9 Å². The van der Waals surface area contributed by atoms with Crippen LogP contribution in [0.2, 0.25) is 0 Å². The van der Waals surface area contributed by atoms with E-state index in [0.29, 0.717) is 6.54 Å². The first kappa shape index (κ1) is 20.5. The van der Waals surface area contributed by atoms with Crippen molar-refractivity contribution in [2.45, 2.75) is 31.8 Å². The van der Waals surface area contributed by atoms with Gasteiger partial charge in [0.05, 0.1) is 23.1 Å². The van der Waals surface area contributed by atoms with Gasteiger partial charge >= 0.3 is 0 Å². The summed E-state index contributed by atoms with van der Waals surface area (Å²) >= 11 is 0. The molecule has 1 atom stereocenters. The molecule has 3 heterocycles. The number of piperidine rings is 1. The number of oxazole rings is 1. The highest BCUT2D eigenvalue weighted by atomic mass is 16.5. The molecule has 1 N–H and O–H groups in total. The fourth-order valence-corrected chi connectivity index (χ4v) is 4.20. The van der Waals surface area contributed by atoms with E-state index in [1.807, 2.05) is 47.4 Å². The first-order valence-corrected chi connectivity index (χ1v) is 11.0. The molecule has 7 heteroatoms. The Morgan fingerprint density at radius 1 is 1.16 bits per heavy atom. The van der Waals surface area contributed by atoms with E-state index in [-0.39, 0.29) is 25.0 Å². The summed E-state index contributed by atoms with van der Waals surface area (Å²) in [4.78, 5) is 26.8. The Labute approximate surface area is 186 Å². The van der Waals surface area contributed by atoms with Crippen LogP contribution in [0.25, 0.3) is 11.0 Å². The largest absolute Gasteiger partial charge is 0.445 e. The molecule has 0 bridgehead atoms. The van der Waals surface area contributed by atoms with E-state index in [4.69, 9.17) is 9.15 Å². The lowest BCUT2D eigenvalue weighted by Gasteiger charge is -2.31. The number of fused-ring (bicyclic) bond motifs is 1. The molecule has 7 nitrogen and oxygen atoms in total. The summed E-state index contributed by atoms with van der Waals surface area (Å²) < 4.78 is 11.7. The molecule has 1 fully saturated rings. The number of nitrogens with zero attached hydrogens (tertiary/aromatic N) is 3. The Hall–Kier alpha value is -3.45. The Kier molecular flexibility index (Phi) is 5.98. The van der Waals surface area contributed by atoms with Crippen molar-refractivity contribution < 1.29 is 13.9 Å². The molecule has 32 heavy (non-hydrogen) atoms. The van der Waals surface area contributed by atoms with Gasteiger partial charge in [-0.1, -0.05) is 42.5 Å². The number of amides is 1. The van der Waals surface area contributed by atoms with Gasteiger partial charge in [-0.05, 0) is 30.5 Å². The normalized spacial score (nSPS) is 16.5. The average Bonchev–Trinajstić information content (AvgIpc) is 3.46. The van der Waals surface area contributed by atoms with E-state index in [0.717, 1.165) is 54.3 Å². The van der Waals surface area contributed by atoms with E-state index >= 15 is 0 Å². The first-order chi connectivity index (χ1) is 15.7. The van der Waals surface area contributed by atoms with Crippen molar-refractivity contribution in [3.8, 4) is 0 Å². The number of para-hydroxylation sites is 2. The number of aromatic amines is 1. The zero-order valence-corrected chi connectivity index (χ0v) is 17.9. The van der Waals surface area contributed by atoms with Gasteiger partial charge in [-0.2, -0.15) is 0 Å². The van der Waals surface area contributed by atoms with E-state index in [1.54, 1.807) is 6.20 Å². The number of nitrogens with one attached hydrogen (secondary N) is 1. The summed E-state index contributed by atoms with van der Waals surface area (Å²) in [6, 6.07) is 18.0. The Balaban J connectivity index is 1.13. The third kappa shape index (κ3) is 4.73. The Bertz CT molecular complexity index is 1150. The molecule has 164 valence electrons. The van der Waals surface area contributed by atoms with Gasteiger partial charge in [0.15, 0.2) is 5.89 Å². The van der Waals surface area contributed by atoms with Gasteiger partial charge in [-0.15, -0.1) is 0 Å². The molecule has 0 aliphatic carbocycles. The van der Waals surface area contributed by atoms with Gasteiger partial charge < -0.3 is 19.0 Å². The molecule has 2 aromatic heterocycles. The van der Waals surface area contributed by atoms with Crippen molar-refractivity contribution in [2.24, 2.45) is 0 Å². The number of carbonyl (C=O) groups is 1. The predicted molar refractivity (Wildman–Crippen MR) is 120 cm³/mol. The molecule has 5 rings (SSSR count). The minimum absolute atomic E-state index is 0.0122. The topological polar surface area (TPSA) is 84.2 Å². The summed E-state index contributed by atoms with van der Waals surface area (Å²) in [6.07, 6.45) is 4.42. The van der Waals surface area contributed by atoms with Crippen LogP contribution < -0.4 is 0 Å². The van der Waals surface area contributed by atoms with Crippen LogP contribution in [0.4, 0.5) is 0 Å². The van der Waals surface area contributed by atoms with Gasteiger partial charge in [-0.3, -0.25) is 4.79 Å². The second-order valence-corrected chi connectivity index (χ2v) is 8.20. The molecule has 4 aromatic rings. The maximum absolute atomic E-state index is 12.7. The fourth-order valence-electron chi connectivity index (χ4n) is 4.20. The third-order valence-corrected chi connectivity index (χ3v) is 5.82. The molecule has 0 spiro atoms. The fraction of sp³-hybridized carbons (Fsp3) is 0.320. The lowest BCUT2D eigenvalue weighted by atomic mass is 9.98. The van der Waals surface area contributed by atoms with Crippen LogP contribution in [-0.4, -0.2) is 45.5 Å². The molecule has 1 saturated heterocycles. The smallest absolute Gasteiger partial charge is 0.248 e. The molecule has 1 aliphatic heterocycles. The van der Waals surface area contributed by atoms with Crippen molar-refractivity contribution in [3.63, 3.8) is 0 Å². The number of H-pyrrole nitrogens is 1. The van der Waals surface area contributed by atoms with Gasteiger partial charge in [-0.25, -0.2) is 9.97 Å². The lowest BCUT2D eigenvalue weighted by Crippen LogP contribution is -2.41. The van der Waals surface area contributed by atoms with Gasteiger partial charge in [0.1, 0.15) is 24.8 Å². The number of likely N-dealkylation sites (tertiary alicyclic amines) is 1. The summed E-state index contributed by atoms with van der Waals surface area (Å²) in [7, 11) is 0. The second kappa shape index (κ2) is 9.36. The molecular weight excluding hydrogens is 404 g/mol. The minimum Gasteiger partial charge on any atom is -0.445 e. The van der Waals surface area contributed by atoms with Crippen LogP contribution in [-0.2, 0) is 22.6 Å². The number of imidazole rings is 1. The number of carbonyl (C=O) groups excluding carboxylic acids is 1. The van der Waals surface area contributed by atoms with Crippen molar-refractivity contribution in [3.05, 3.63) is 83.8 Å². The zero-order valence-electron chi connectivity index (χ0n) is 17.9. The maximum atomic E-state index is 12.7. The van der Waals surface area contributed by atoms with Crippen LogP contribution in [0.3, 0.4) is 0 Å². The molecule has 1 amide bonds. The maximum Gasteiger partial charge on any atom is 0.248 e. The first-order valence-electron chi connectivity index (χ1n) is 11.0. The summed E-state index contributed by atoms with van der Waals surface area (Å²) in [6.45, 7) is 1.66. The van der Waals surface area contributed by atoms with Gasteiger partial charge in [0.25, 0.3) is 0 Å². The van der Waals surface area contributed by atoms with Crippen LogP contribution in [0.5, 0.6) is 0 Å². The Morgan fingerprint density at radius 2 is 2.00 bits per heavy atom. The zero-order chi connectivity index (χ0) is 21.8. The van der Waals surface area contributed by atoms with Crippen molar-refractivity contribution in [2.75, 3.05) is 19.7 Å². The number of ether oxygens (including phenoxy) is 1. The molecular formula is C25H26N4O3. The second-order valence-electron chi connectivity index (χ2n) is 8.20.